The Hall–Kier alpha value is -2.05. The molecular formula is C17H19FN4S. The summed E-state index contributed by atoms with van der Waals surface area (Å²) < 4.78 is 15.0. The minimum Gasteiger partial charge on any atom is -0.337 e. The highest BCUT2D eigenvalue weighted by atomic mass is 32.1. The van der Waals surface area contributed by atoms with Crippen LogP contribution in [0.4, 0.5) is 4.39 Å². The van der Waals surface area contributed by atoms with E-state index in [0.717, 1.165) is 35.9 Å². The lowest BCUT2D eigenvalue weighted by Gasteiger charge is -2.12. The van der Waals surface area contributed by atoms with Gasteiger partial charge in [0.25, 0.3) is 0 Å². The molecule has 1 atom stereocenters. The molecular weight excluding hydrogens is 311 g/mol. The van der Waals surface area contributed by atoms with Crippen LogP contribution in [0, 0.1) is 11.7 Å². The molecule has 3 rings (SSSR count). The molecule has 0 amide bonds. The van der Waals surface area contributed by atoms with Crippen molar-refractivity contribution in [3.63, 3.8) is 0 Å². The number of hydrogen-bond acceptors (Lipinski definition) is 4. The lowest BCUT2D eigenvalue weighted by Crippen LogP contribution is -2.23. The molecule has 6 heteroatoms. The summed E-state index contributed by atoms with van der Waals surface area (Å²) in [4.78, 5) is 8.65. The molecule has 0 aliphatic heterocycles. The van der Waals surface area contributed by atoms with Crippen LogP contribution in [0.2, 0.25) is 0 Å². The third kappa shape index (κ3) is 4.46. The number of thiazole rings is 1. The summed E-state index contributed by atoms with van der Waals surface area (Å²) in [5.41, 5.74) is 1.97. The number of nitrogens with one attached hydrogen (secondary N) is 1. The Morgan fingerprint density at radius 2 is 2.13 bits per heavy atom. The molecule has 1 aromatic carbocycles. The van der Waals surface area contributed by atoms with E-state index in [1.807, 2.05) is 17.9 Å². The molecule has 4 nitrogen and oxygen atoms in total. The highest BCUT2D eigenvalue weighted by Gasteiger charge is 2.06. The Bertz CT molecular complexity index is 721. The van der Waals surface area contributed by atoms with Gasteiger partial charge in [-0.1, -0.05) is 6.92 Å². The fourth-order valence-corrected chi connectivity index (χ4v) is 3.20. The van der Waals surface area contributed by atoms with E-state index in [4.69, 9.17) is 0 Å². The van der Waals surface area contributed by atoms with Crippen molar-refractivity contribution in [3.8, 4) is 10.6 Å². The largest absolute Gasteiger partial charge is 0.337 e. The third-order valence-electron chi connectivity index (χ3n) is 3.52. The number of nitrogens with zero attached hydrogens (tertiary/aromatic N) is 3. The predicted octanol–water partition coefficient (Wildman–Crippen LogP) is 3.57. The fraction of sp³-hybridized carbons (Fsp3) is 0.294. The second-order valence-corrected chi connectivity index (χ2v) is 6.50. The van der Waals surface area contributed by atoms with Gasteiger partial charge in [0, 0.05) is 36.4 Å². The molecule has 0 aliphatic carbocycles. The molecule has 1 N–H and O–H groups in total. The quantitative estimate of drug-likeness (QED) is 0.720. The minimum atomic E-state index is -0.223. The maximum Gasteiger partial charge on any atom is 0.123 e. The number of benzene rings is 1. The van der Waals surface area contributed by atoms with Crippen molar-refractivity contribution < 1.29 is 4.39 Å². The van der Waals surface area contributed by atoms with Gasteiger partial charge in [-0.3, -0.25) is 0 Å². The molecule has 2 aromatic heterocycles. The zero-order valence-corrected chi connectivity index (χ0v) is 13.8. The summed E-state index contributed by atoms with van der Waals surface area (Å²) in [6, 6.07) is 6.45. The number of halogens is 1. The third-order valence-corrected chi connectivity index (χ3v) is 4.46. The van der Waals surface area contributed by atoms with Gasteiger partial charge in [-0.05, 0) is 36.7 Å². The van der Waals surface area contributed by atoms with Gasteiger partial charge in [-0.25, -0.2) is 14.4 Å². The van der Waals surface area contributed by atoms with Crippen LogP contribution in [0.25, 0.3) is 10.6 Å². The van der Waals surface area contributed by atoms with Crippen LogP contribution in [0.3, 0.4) is 0 Å². The van der Waals surface area contributed by atoms with Crippen molar-refractivity contribution >= 4 is 11.3 Å². The van der Waals surface area contributed by atoms with Crippen molar-refractivity contribution in [1.82, 2.24) is 19.9 Å². The van der Waals surface area contributed by atoms with Gasteiger partial charge in [-0.15, -0.1) is 11.3 Å². The van der Waals surface area contributed by atoms with E-state index >= 15 is 0 Å². The van der Waals surface area contributed by atoms with Crippen molar-refractivity contribution in [2.24, 2.45) is 5.92 Å². The van der Waals surface area contributed by atoms with E-state index < -0.39 is 0 Å². The highest BCUT2D eigenvalue weighted by Crippen LogP contribution is 2.23. The summed E-state index contributed by atoms with van der Waals surface area (Å²) in [5, 5.41) is 6.41. The Morgan fingerprint density at radius 3 is 2.87 bits per heavy atom. The molecule has 0 bridgehead atoms. The van der Waals surface area contributed by atoms with Gasteiger partial charge >= 0.3 is 0 Å². The molecule has 1 unspecified atom stereocenters. The molecule has 3 aromatic rings. The standard InChI is InChI=1S/C17H19FN4S/c1-13(10-22-7-6-19-12-22)8-20-9-16-11-23-17(21-16)14-2-4-15(18)5-3-14/h2-7,11-13,20H,8-10H2,1H3. The number of rotatable bonds is 7. The maximum absolute atomic E-state index is 13.0. The molecule has 0 saturated heterocycles. The van der Waals surface area contributed by atoms with Gasteiger partial charge in [0.1, 0.15) is 10.8 Å². The van der Waals surface area contributed by atoms with Crippen LogP contribution >= 0.6 is 11.3 Å². The molecule has 0 radical (unpaired) electrons. The first kappa shape index (κ1) is 15.8. The lowest BCUT2D eigenvalue weighted by atomic mass is 10.2. The van der Waals surface area contributed by atoms with Crippen LogP contribution in [-0.2, 0) is 13.1 Å². The molecule has 2 heterocycles. The van der Waals surface area contributed by atoms with Crippen LogP contribution in [0.5, 0.6) is 0 Å². The first-order valence-corrected chi connectivity index (χ1v) is 8.45. The van der Waals surface area contributed by atoms with Crippen LogP contribution in [-0.4, -0.2) is 21.1 Å². The summed E-state index contributed by atoms with van der Waals surface area (Å²) in [6.07, 6.45) is 5.62. The maximum atomic E-state index is 13.0. The highest BCUT2D eigenvalue weighted by molar-refractivity contribution is 7.13. The van der Waals surface area contributed by atoms with E-state index in [2.05, 4.69) is 26.8 Å². The summed E-state index contributed by atoms with van der Waals surface area (Å²) in [7, 11) is 0. The average molecular weight is 330 g/mol. The SMILES string of the molecule is CC(CNCc1csc(-c2ccc(F)cc2)n1)Cn1ccnc1. The number of imidazole rings is 1. The van der Waals surface area contributed by atoms with Crippen LogP contribution in [0.15, 0.2) is 48.4 Å². The Labute approximate surface area is 139 Å². The Morgan fingerprint density at radius 1 is 1.30 bits per heavy atom. The molecule has 0 fully saturated rings. The monoisotopic (exact) mass is 330 g/mol. The van der Waals surface area contributed by atoms with Crippen LogP contribution in [0.1, 0.15) is 12.6 Å². The summed E-state index contributed by atoms with van der Waals surface area (Å²) in [6.45, 7) is 4.82. The average Bonchev–Trinajstić information content (AvgIpc) is 3.20. The topological polar surface area (TPSA) is 42.7 Å². The fourth-order valence-electron chi connectivity index (χ4n) is 2.38. The summed E-state index contributed by atoms with van der Waals surface area (Å²) >= 11 is 1.59. The second-order valence-electron chi connectivity index (χ2n) is 5.65. The van der Waals surface area contributed by atoms with E-state index in [-0.39, 0.29) is 5.82 Å². The first-order valence-electron chi connectivity index (χ1n) is 7.57. The second kappa shape index (κ2) is 7.48. The van der Waals surface area contributed by atoms with Crippen molar-refractivity contribution in [2.75, 3.05) is 6.54 Å². The van der Waals surface area contributed by atoms with Gasteiger partial charge in [-0.2, -0.15) is 0 Å². The van der Waals surface area contributed by atoms with Crippen molar-refractivity contribution in [3.05, 3.63) is 59.9 Å². The molecule has 0 saturated carbocycles. The molecule has 0 spiro atoms. The smallest absolute Gasteiger partial charge is 0.123 e. The van der Waals surface area contributed by atoms with Crippen molar-refractivity contribution in [1.29, 1.82) is 0 Å². The van der Waals surface area contributed by atoms with Gasteiger partial charge in [0.05, 0.1) is 12.0 Å². The number of hydrogen-bond donors (Lipinski definition) is 1. The Balaban J connectivity index is 1.48. The van der Waals surface area contributed by atoms with E-state index in [0.29, 0.717) is 5.92 Å². The van der Waals surface area contributed by atoms with Gasteiger partial charge in [0.2, 0.25) is 0 Å². The molecule has 120 valence electrons. The van der Waals surface area contributed by atoms with Gasteiger partial charge < -0.3 is 9.88 Å². The minimum absolute atomic E-state index is 0.223. The Kier molecular flexibility index (Phi) is 5.15. The summed E-state index contributed by atoms with van der Waals surface area (Å²) in [5.74, 6) is 0.290. The van der Waals surface area contributed by atoms with Gasteiger partial charge in [0.15, 0.2) is 0 Å². The molecule has 23 heavy (non-hydrogen) atoms. The lowest BCUT2D eigenvalue weighted by molar-refractivity contribution is 0.444. The van der Waals surface area contributed by atoms with E-state index in [1.54, 1.807) is 29.7 Å². The van der Waals surface area contributed by atoms with Crippen LogP contribution < -0.4 is 5.32 Å². The normalized spacial score (nSPS) is 12.4. The number of aromatic nitrogens is 3. The zero-order valence-electron chi connectivity index (χ0n) is 12.9. The van der Waals surface area contributed by atoms with E-state index in [1.165, 1.54) is 12.1 Å². The predicted molar refractivity (Wildman–Crippen MR) is 90.6 cm³/mol. The molecule has 0 aliphatic rings. The van der Waals surface area contributed by atoms with E-state index in [9.17, 15) is 4.39 Å². The zero-order chi connectivity index (χ0) is 16.1. The van der Waals surface area contributed by atoms with Crippen molar-refractivity contribution in [2.45, 2.75) is 20.0 Å². The first-order chi connectivity index (χ1) is 11.2.